The van der Waals surface area contributed by atoms with Crippen LogP contribution >= 0.6 is 0 Å². The van der Waals surface area contributed by atoms with Crippen LogP contribution in [0, 0.1) is 0 Å². The Hall–Kier alpha value is -3.01. The van der Waals surface area contributed by atoms with Gasteiger partial charge in [0.1, 0.15) is 5.82 Å². The standard InChI is InChI=1S/C25H32N6O3/c32-18-19-2-1-3-21(16-19)24-27-22(17-23(28-24)29-12-14-34-15-13-29)20-4-8-30(9-5-20)25(33)31-10-6-26-7-11-31/h1-4,16-17,26,32H,5-15,18H2. The van der Waals surface area contributed by atoms with Crippen molar-refractivity contribution >= 4 is 17.4 Å². The molecule has 2 fully saturated rings. The Morgan fingerprint density at radius 1 is 1.03 bits per heavy atom. The first kappa shape index (κ1) is 22.8. The van der Waals surface area contributed by atoms with Gasteiger partial charge in [0.2, 0.25) is 0 Å². The molecule has 4 heterocycles. The van der Waals surface area contributed by atoms with Crippen LogP contribution in [0.3, 0.4) is 0 Å². The predicted octanol–water partition coefficient (Wildman–Crippen LogP) is 1.59. The van der Waals surface area contributed by atoms with E-state index < -0.39 is 0 Å². The summed E-state index contributed by atoms with van der Waals surface area (Å²) in [5, 5.41) is 12.9. The zero-order chi connectivity index (χ0) is 23.3. The quantitative estimate of drug-likeness (QED) is 0.710. The monoisotopic (exact) mass is 464 g/mol. The minimum Gasteiger partial charge on any atom is -0.392 e. The topological polar surface area (TPSA) is 94.1 Å². The lowest BCUT2D eigenvalue weighted by Gasteiger charge is -2.34. The maximum Gasteiger partial charge on any atom is 0.320 e. The van der Waals surface area contributed by atoms with Crippen LogP contribution in [0.15, 0.2) is 36.4 Å². The zero-order valence-electron chi connectivity index (χ0n) is 19.4. The molecular weight excluding hydrogens is 432 g/mol. The van der Waals surface area contributed by atoms with E-state index >= 15 is 0 Å². The molecule has 9 nitrogen and oxygen atoms in total. The van der Waals surface area contributed by atoms with Gasteiger partial charge in [-0.2, -0.15) is 0 Å². The zero-order valence-corrected chi connectivity index (χ0v) is 19.4. The van der Waals surface area contributed by atoms with E-state index in [9.17, 15) is 9.90 Å². The highest BCUT2D eigenvalue weighted by Gasteiger charge is 2.25. The van der Waals surface area contributed by atoms with Gasteiger partial charge in [0.25, 0.3) is 0 Å². The fourth-order valence-corrected chi connectivity index (χ4v) is 4.62. The van der Waals surface area contributed by atoms with Crippen LogP contribution in [0.2, 0.25) is 0 Å². The highest BCUT2D eigenvalue weighted by Crippen LogP contribution is 2.28. The van der Waals surface area contributed by atoms with Gasteiger partial charge in [0.15, 0.2) is 5.82 Å². The van der Waals surface area contributed by atoms with Gasteiger partial charge in [-0.05, 0) is 23.6 Å². The maximum absolute atomic E-state index is 12.9. The molecule has 5 rings (SSSR count). The second-order valence-electron chi connectivity index (χ2n) is 8.84. The number of aromatic nitrogens is 2. The van der Waals surface area contributed by atoms with Crippen molar-refractivity contribution in [3.05, 3.63) is 47.7 Å². The number of ether oxygens (including phenoxy) is 1. The molecule has 0 radical (unpaired) electrons. The molecule has 3 aliphatic heterocycles. The van der Waals surface area contributed by atoms with Crippen molar-refractivity contribution in [2.75, 3.05) is 70.5 Å². The average molecular weight is 465 g/mol. The first-order valence-corrected chi connectivity index (χ1v) is 12.1. The normalized spacial score (nSPS) is 19.2. The number of hydrogen-bond donors (Lipinski definition) is 2. The molecule has 2 saturated heterocycles. The summed E-state index contributed by atoms with van der Waals surface area (Å²) in [6.07, 6.45) is 2.89. The van der Waals surface area contributed by atoms with Crippen molar-refractivity contribution in [2.45, 2.75) is 13.0 Å². The van der Waals surface area contributed by atoms with E-state index in [-0.39, 0.29) is 12.6 Å². The number of morpholine rings is 1. The number of amides is 2. The first-order valence-electron chi connectivity index (χ1n) is 12.1. The van der Waals surface area contributed by atoms with E-state index in [4.69, 9.17) is 14.7 Å². The molecule has 3 aliphatic rings. The highest BCUT2D eigenvalue weighted by molar-refractivity contribution is 5.77. The van der Waals surface area contributed by atoms with Gasteiger partial charge in [-0.1, -0.05) is 24.3 Å². The minimum absolute atomic E-state index is 0.0219. The summed E-state index contributed by atoms with van der Waals surface area (Å²) in [6, 6.07) is 9.91. The summed E-state index contributed by atoms with van der Waals surface area (Å²) in [5.74, 6) is 1.53. The van der Waals surface area contributed by atoms with Gasteiger partial charge in [-0.15, -0.1) is 0 Å². The van der Waals surface area contributed by atoms with Crippen molar-refractivity contribution < 1.29 is 14.6 Å². The number of carbonyl (C=O) groups excluding carboxylic acids is 1. The van der Waals surface area contributed by atoms with Crippen LogP contribution in [-0.2, 0) is 11.3 Å². The van der Waals surface area contributed by atoms with Gasteiger partial charge in [0.05, 0.1) is 25.5 Å². The molecule has 9 heteroatoms. The van der Waals surface area contributed by atoms with Crippen LogP contribution in [0.5, 0.6) is 0 Å². The number of rotatable bonds is 4. The summed E-state index contributed by atoms with van der Waals surface area (Å²) in [6.45, 7) is 7.42. The van der Waals surface area contributed by atoms with Crippen LogP contribution in [0.4, 0.5) is 10.6 Å². The van der Waals surface area contributed by atoms with E-state index in [0.29, 0.717) is 32.1 Å². The van der Waals surface area contributed by atoms with Gasteiger partial charge < -0.3 is 29.9 Å². The third kappa shape index (κ3) is 5.06. The molecule has 1 aromatic heterocycles. The van der Waals surface area contributed by atoms with Crippen LogP contribution in [0.25, 0.3) is 17.0 Å². The van der Waals surface area contributed by atoms with Gasteiger partial charge in [0, 0.05) is 64.0 Å². The molecule has 0 aliphatic carbocycles. The summed E-state index contributed by atoms with van der Waals surface area (Å²) in [7, 11) is 0. The number of urea groups is 1. The van der Waals surface area contributed by atoms with E-state index in [2.05, 4.69) is 22.4 Å². The number of hydrogen-bond acceptors (Lipinski definition) is 7. The Morgan fingerprint density at radius 2 is 1.85 bits per heavy atom. The van der Waals surface area contributed by atoms with Crippen LogP contribution in [-0.4, -0.2) is 96.5 Å². The Labute approximate surface area is 200 Å². The lowest BCUT2D eigenvalue weighted by Crippen LogP contribution is -2.52. The van der Waals surface area contributed by atoms with E-state index in [1.165, 1.54) is 0 Å². The van der Waals surface area contributed by atoms with Crippen molar-refractivity contribution in [3.8, 4) is 11.4 Å². The summed E-state index contributed by atoms with van der Waals surface area (Å²) in [4.78, 5) is 28.8. The molecule has 180 valence electrons. The second kappa shape index (κ2) is 10.5. The summed E-state index contributed by atoms with van der Waals surface area (Å²) in [5.41, 5.74) is 3.75. The number of nitrogens with one attached hydrogen (secondary N) is 1. The van der Waals surface area contributed by atoms with Gasteiger partial charge in [-0.3, -0.25) is 0 Å². The van der Waals surface area contributed by atoms with Crippen LogP contribution < -0.4 is 10.2 Å². The van der Waals surface area contributed by atoms with Gasteiger partial charge in [-0.25, -0.2) is 14.8 Å². The van der Waals surface area contributed by atoms with Crippen molar-refractivity contribution in [1.29, 1.82) is 0 Å². The third-order valence-electron chi connectivity index (χ3n) is 6.61. The molecule has 1 aromatic carbocycles. The number of piperazine rings is 1. The molecule has 2 aromatic rings. The van der Waals surface area contributed by atoms with Crippen molar-refractivity contribution in [3.63, 3.8) is 0 Å². The number of carbonyl (C=O) groups is 1. The molecule has 0 atom stereocenters. The lowest BCUT2D eigenvalue weighted by atomic mass is 10.0. The maximum atomic E-state index is 12.9. The fraction of sp³-hybridized carbons (Fsp3) is 0.480. The number of benzene rings is 1. The predicted molar refractivity (Wildman–Crippen MR) is 130 cm³/mol. The average Bonchev–Trinajstić information content (AvgIpc) is 2.93. The van der Waals surface area contributed by atoms with Crippen LogP contribution in [0.1, 0.15) is 17.7 Å². The Kier molecular flexibility index (Phi) is 7.03. The SMILES string of the molecule is O=C(N1CC=C(c2cc(N3CCOCC3)nc(-c3cccc(CO)c3)n2)CC1)N1CCNCC1. The van der Waals surface area contributed by atoms with E-state index in [1.807, 2.05) is 34.1 Å². The molecule has 0 bridgehead atoms. The summed E-state index contributed by atoms with van der Waals surface area (Å²) >= 11 is 0. The smallest absolute Gasteiger partial charge is 0.320 e. The molecule has 0 spiro atoms. The van der Waals surface area contributed by atoms with Crippen molar-refractivity contribution in [1.82, 2.24) is 25.1 Å². The van der Waals surface area contributed by atoms with E-state index in [1.54, 1.807) is 0 Å². The Morgan fingerprint density at radius 3 is 2.59 bits per heavy atom. The van der Waals surface area contributed by atoms with Crippen molar-refractivity contribution in [2.24, 2.45) is 0 Å². The van der Waals surface area contributed by atoms with Gasteiger partial charge >= 0.3 is 6.03 Å². The molecule has 0 saturated carbocycles. The molecule has 2 amide bonds. The molecule has 0 unspecified atom stereocenters. The minimum atomic E-state index is -0.0219. The number of anilines is 1. The number of nitrogens with zero attached hydrogens (tertiary/aromatic N) is 5. The molecule has 2 N–H and O–H groups in total. The lowest BCUT2D eigenvalue weighted by molar-refractivity contribution is 0.122. The highest BCUT2D eigenvalue weighted by atomic mass is 16.5. The largest absolute Gasteiger partial charge is 0.392 e. The number of aliphatic hydroxyl groups excluding tert-OH is 1. The summed E-state index contributed by atoms with van der Waals surface area (Å²) < 4.78 is 5.53. The first-order chi connectivity index (χ1) is 16.7. The second-order valence-corrected chi connectivity index (χ2v) is 8.84. The Bertz CT molecular complexity index is 1050. The fourth-order valence-electron chi connectivity index (χ4n) is 4.62. The van der Waals surface area contributed by atoms with E-state index in [0.717, 1.165) is 73.9 Å². The molecular formula is C25H32N6O3. The Balaban J connectivity index is 1.42. The third-order valence-corrected chi connectivity index (χ3v) is 6.61. The molecule has 34 heavy (non-hydrogen) atoms. The number of aliphatic hydroxyl groups is 1.